The van der Waals surface area contributed by atoms with Crippen molar-refractivity contribution >= 4 is 12.4 Å². The molecule has 0 spiro atoms. The first kappa shape index (κ1) is 16.1. The summed E-state index contributed by atoms with van der Waals surface area (Å²) in [7, 11) is 3.41. The van der Waals surface area contributed by atoms with Gasteiger partial charge in [0.1, 0.15) is 11.5 Å². The minimum Gasteiger partial charge on any atom is -0.497 e. The van der Waals surface area contributed by atoms with Gasteiger partial charge in [-0.3, -0.25) is 0 Å². The highest BCUT2D eigenvalue weighted by atomic mass is 35.5. The van der Waals surface area contributed by atoms with Crippen LogP contribution in [0.2, 0.25) is 0 Å². The summed E-state index contributed by atoms with van der Waals surface area (Å²) in [6.07, 6.45) is 4.96. The summed E-state index contributed by atoms with van der Waals surface area (Å²) in [6, 6.07) is 6.11. The molecule has 2 rings (SSSR count). The molecule has 1 heterocycles. The van der Waals surface area contributed by atoms with E-state index in [2.05, 4.69) is 11.4 Å². The first-order valence-corrected chi connectivity index (χ1v) is 6.75. The van der Waals surface area contributed by atoms with Crippen LogP contribution in [0, 0.1) is 5.92 Å². The number of hydrogen-bond donors (Lipinski definition) is 1. The SMILES string of the molecule is COc1ccc(CCC2CCNCC2)c(OC)c1.Cl. The molecule has 4 heteroatoms. The third-order valence-electron chi connectivity index (χ3n) is 3.77. The first-order valence-electron chi connectivity index (χ1n) is 6.75. The van der Waals surface area contributed by atoms with Crippen LogP contribution in [-0.4, -0.2) is 27.3 Å². The van der Waals surface area contributed by atoms with Crippen LogP contribution in [0.4, 0.5) is 0 Å². The Morgan fingerprint density at radius 2 is 1.89 bits per heavy atom. The highest BCUT2D eigenvalue weighted by molar-refractivity contribution is 5.85. The maximum absolute atomic E-state index is 5.44. The standard InChI is InChI=1S/C15H23NO2.ClH/c1-17-14-6-5-13(15(11-14)18-2)4-3-12-7-9-16-10-8-12;/h5-6,11-12,16H,3-4,7-10H2,1-2H3;1H. The van der Waals surface area contributed by atoms with Crippen molar-refractivity contribution in [2.45, 2.75) is 25.7 Å². The number of benzene rings is 1. The molecule has 0 amide bonds. The lowest BCUT2D eigenvalue weighted by Gasteiger charge is -2.22. The van der Waals surface area contributed by atoms with Gasteiger partial charge in [0.2, 0.25) is 0 Å². The Kier molecular flexibility index (Phi) is 7.03. The zero-order valence-electron chi connectivity index (χ0n) is 11.8. The molecule has 0 bridgehead atoms. The molecule has 0 aromatic heterocycles. The van der Waals surface area contributed by atoms with Crippen molar-refractivity contribution in [2.75, 3.05) is 27.3 Å². The molecule has 0 atom stereocenters. The van der Waals surface area contributed by atoms with E-state index in [0.29, 0.717) is 0 Å². The highest BCUT2D eigenvalue weighted by Gasteiger charge is 2.14. The van der Waals surface area contributed by atoms with Crippen molar-refractivity contribution in [1.82, 2.24) is 5.32 Å². The zero-order valence-corrected chi connectivity index (χ0v) is 12.6. The van der Waals surface area contributed by atoms with Gasteiger partial charge in [-0.1, -0.05) is 6.07 Å². The van der Waals surface area contributed by atoms with Gasteiger partial charge in [-0.05, 0) is 56.3 Å². The smallest absolute Gasteiger partial charge is 0.125 e. The lowest BCUT2D eigenvalue weighted by molar-refractivity contribution is 0.350. The van der Waals surface area contributed by atoms with Crippen LogP contribution in [0.25, 0.3) is 0 Å². The fourth-order valence-electron chi connectivity index (χ4n) is 2.59. The number of hydrogen-bond acceptors (Lipinski definition) is 3. The third-order valence-corrected chi connectivity index (χ3v) is 3.77. The average Bonchev–Trinajstić information content (AvgIpc) is 2.46. The molecular formula is C15H24ClNO2. The monoisotopic (exact) mass is 285 g/mol. The predicted molar refractivity (Wildman–Crippen MR) is 80.7 cm³/mol. The molecule has 0 unspecified atom stereocenters. The van der Waals surface area contributed by atoms with Gasteiger partial charge in [0.05, 0.1) is 14.2 Å². The fourth-order valence-corrected chi connectivity index (χ4v) is 2.59. The molecule has 19 heavy (non-hydrogen) atoms. The van der Waals surface area contributed by atoms with Gasteiger partial charge in [-0.2, -0.15) is 0 Å². The average molecular weight is 286 g/mol. The van der Waals surface area contributed by atoms with Crippen LogP contribution in [0.3, 0.4) is 0 Å². The van der Waals surface area contributed by atoms with Crippen molar-refractivity contribution < 1.29 is 9.47 Å². The topological polar surface area (TPSA) is 30.5 Å². The Balaban J connectivity index is 0.00000180. The maximum atomic E-state index is 5.44. The second-order valence-corrected chi connectivity index (χ2v) is 4.91. The second-order valence-electron chi connectivity index (χ2n) is 4.91. The van der Waals surface area contributed by atoms with Crippen LogP contribution in [0.5, 0.6) is 11.5 Å². The summed E-state index contributed by atoms with van der Waals surface area (Å²) in [6.45, 7) is 2.34. The van der Waals surface area contributed by atoms with Crippen LogP contribution in [-0.2, 0) is 6.42 Å². The fraction of sp³-hybridized carbons (Fsp3) is 0.600. The van der Waals surface area contributed by atoms with Gasteiger partial charge in [-0.25, -0.2) is 0 Å². The van der Waals surface area contributed by atoms with Crippen molar-refractivity contribution in [2.24, 2.45) is 5.92 Å². The van der Waals surface area contributed by atoms with Crippen molar-refractivity contribution in [1.29, 1.82) is 0 Å². The van der Waals surface area contributed by atoms with Crippen molar-refractivity contribution in [3.8, 4) is 11.5 Å². The normalized spacial score (nSPS) is 15.7. The van der Waals surface area contributed by atoms with E-state index < -0.39 is 0 Å². The van der Waals surface area contributed by atoms with Crippen LogP contribution in [0.15, 0.2) is 18.2 Å². The quantitative estimate of drug-likeness (QED) is 0.902. The van der Waals surface area contributed by atoms with E-state index in [1.807, 2.05) is 12.1 Å². The third kappa shape index (κ3) is 4.59. The number of rotatable bonds is 5. The Labute approximate surface area is 122 Å². The Hall–Kier alpha value is -0.930. The Morgan fingerprint density at radius 3 is 2.53 bits per heavy atom. The molecule has 1 saturated heterocycles. The molecule has 1 fully saturated rings. The van der Waals surface area contributed by atoms with E-state index in [4.69, 9.17) is 9.47 Å². The summed E-state index contributed by atoms with van der Waals surface area (Å²) in [4.78, 5) is 0. The Bertz CT molecular complexity index is 378. The lowest BCUT2D eigenvalue weighted by atomic mass is 9.91. The van der Waals surface area contributed by atoms with Gasteiger partial charge < -0.3 is 14.8 Å². The van der Waals surface area contributed by atoms with Gasteiger partial charge in [-0.15, -0.1) is 12.4 Å². The molecule has 0 radical (unpaired) electrons. The predicted octanol–water partition coefficient (Wildman–Crippen LogP) is 3.06. The lowest BCUT2D eigenvalue weighted by Crippen LogP contribution is -2.27. The van der Waals surface area contributed by atoms with Crippen LogP contribution < -0.4 is 14.8 Å². The number of aryl methyl sites for hydroxylation is 1. The number of piperidine rings is 1. The number of ether oxygens (including phenoxy) is 2. The van der Waals surface area contributed by atoms with Crippen LogP contribution >= 0.6 is 12.4 Å². The number of methoxy groups -OCH3 is 2. The maximum Gasteiger partial charge on any atom is 0.125 e. The molecule has 1 N–H and O–H groups in total. The minimum absolute atomic E-state index is 0. The van der Waals surface area contributed by atoms with Crippen molar-refractivity contribution in [3.63, 3.8) is 0 Å². The van der Waals surface area contributed by atoms with E-state index in [0.717, 1.165) is 23.8 Å². The molecule has 3 nitrogen and oxygen atoms in total. The number of halogens is 1. The van der Waals surface area contributed by atoms with E-state index >= 15 is 0 Å². The van der Waals surface area contributed by atoms with Gasteiger partial charge in [0, 0.05) is 6.07 Å². The summed E-state index contributed by atoms with van der Waals surface area (Å²) in [5.41, 5.74) is 1.29. The molecule has 0 aliphatic carbocycles. The molecule has 1 aliphatic rings. The van der Waals surface area contributed by atoms with Crippen LogP contribution in [0.1, 0.15) is 24.8 Å². The number of nitrogens with one attached hydrogen (secondary N) is 1. The molecular weight excluding hydrogens is 262 g/mol. The van der Waals surface area contributed by atoms with Crippen molar-refractivity contribution in [3.05, 3.63) is 23.8 Å². The van der Waals surface area contributed by atoms with E-state index in [1.165, 1.54) is 37.9 Å². The first-order chi connectivity index (χ1) is 8.83. The summed E-state index contributed by atoms with van der Waals surface area (Å²) < 4.78 is 10.7. The molecule has 1 aliphatic heterocycles. The highest BCUT2D eigenvalue weighted by Crippen LogP contribution is 2.27. The summed E-state index contributed by atoms with van der Waals surface area (Å²) in [5.74, 6) is 2.67. The molecule has 1 aromatic rings. The zero-order chi connectivity index (χ0) is 12.8. The summed E-state index contributed by atoms with van der Waals surface area (Å²) in [5, 5.41) is 3.41. The second kappa shape index (κ2) is 8.28. The molecule has 108 valence electrons. The minimum atomic E-state index is 0. The molecule has 0 saturated carbocycles. The van der Waals surface area contributed by atoms with E-state index in [9.17, 15) is 0 Å². The van der Waals surface area contributed by atoms with Gasteiger partial charge >= 0.3 is 0 Å². The van der Waals surface area contributed by atoms with Gasteiger partial charge in [0.15, 0.2) is 0 Å². The van der Waals surface area contributed by atoms with E-state index in [1.54, 1.807) is 14.2 Å². The Morgan fingerprint density at radius 1 is 1.16 bits per heavy atom. The van der Waals surface area contributed by atoms with Gasteiger partial charge in [0.25, 0.3) is 0 Å². The molecule has 1 aromatic carbocycles. The summed E-state index contributed by atoms with van der Waals surface area (Å²) >= 11 is 0. The largest absolute Gasteiger partial charge is 0.497 e. The van der Waals surface area contributed by atoms with E-state index in [-0.39, 0.29) is 12.4 Å².